The summed E-state index contributed by atoms with van der Waals surface area (Å²) in [6, 6.07) is 8.32. The third-order valence-corrected chi connectivity index (χ3v) is 5.61. The molecule has 4 saturated heterocycles. The van der Waals surface area contributed by atoms with Gasteiger partial charge in [0.2, 0.25) is 0 Å². The fraction of sp³-hybridized carbons (Fsp3) is 0.611. The molecule has 4 nitrogen and oxygen atoms in total. The molecule has 0 aromatic heterocycles. The number of rotatable bonds is 2. The summed E-state index contributed by atoms with van der Waals surface area (Å²) in [5, 5.41) is 0. The molecular weight excluding hydrogens is 276 g/mol. The molecule has 1 atom stereocenters. The van der Waals surface area contributed by atoms with Gasteiger partial charge in [-0.05, 0) is 49.5 Å². The molecule has 0 radical (unpaired) electrons. The minimum absolute atomic E-state index is 0.172. The van der Waals surface area contributed by atoms with Crippen LogP contribution in [0.4, 0.5) is 10.5 Å². The molecule has 4 aliphatic rings. The zero-order valence-corrected chi connectivity index (χ0v) is 13.4. The number of nitrogens with zero attached hydrogens (tertiary/aromatic N) is 2. The Morgan fingerprint density at radius 2 is 2.00 bits per heavy atom. The average Bonchev–Trinajstić information content (AvgIpc) is 2.85. The quantitative estimate of drug-likeness (QED) is 0.840. The van der Waals surface area contributed by atoms with E-state index in [0.717, 1.165) is 38.2 Å². The van der Waals surface area contributed by atoms with Crippen LogP contribution in [-0.4, -0.2) is 42.8 Å². The van der Waals surface area contributed by atoms with Crippen LogP contribution >= 0.6 is 0 Å². The fourth-order valence-electron chi connectivity index (χ4n) is 4.26. The van der Waals surface area contributed by atoms with Crippen molar-refractivity contribution in [3.63, 3.8) is 0 Å². The fourth-order valence-corrected chi connectivity index (χ4v) is 4.26. The lowest BCUT2D eigenvalue weighted by molar-refractivity contribution is -0.0881. The summed E-state index contributed by atoms with van der Waals surface area (Å²) in [5.41, 5.74) is 1.96. The summed E-state index contributed by atoms with van der Waals surface area (Å²) < 4.78 is 5.94. The van der Waals surface area contributed by atoms with Crippen molar-refractivity contribution < 1.29 is 9.53 Å². The van der Waals surface area contributed by atoms with Gasteiger partial charge in [-0.1, -0.05) is 26.0 Å². The van der Waals surface area contributed by atoms with Gasteiger partial charge in [0, 0.05) is 18.2 Å². The molecule has 1 amide bonds. The van der Waals surface area contributed by atoms with Gasteiger partial charge in [0.15, 0.2) is 0 Å². The standard InChI is InChI=1S/C18H24N2O2/c1-13(2)14-4-3-5-16(10-14)20-12-18(22-17(20)21)11-19-8-6-15(18)7-9-19/h3-5,10,13,15H,6-9,11-12H2,1-2H3/t18-/m1/s1. The number of carbonyl (C=O) groups is 1. The molecule has 4 heterocycles. The number of fused-ring (bicyclic) bond motifs is 2. The van der Waals surface area contributed by atoms with E-state index in [9.17, 15) is 4.79 Å². The third kappa shape index (κ3) is 2.12. The second kappa shape index (κ2) is 4.98. The van der Waals surface area contributed by atoms with E-state index in [1.165, 1.54) is 5.56 Å². The van der Waals surface area contributed by atoms with Crippen molar-refractivity contribution in [2.24, 2.45) is 5.92 Å². The third-order valence-electron chi connectivity index (χ3n) is 5.61. The number of ether oxygens (including phenoxy) is 1. The molecule has 0 saturated carbocycles. The van der Waals surface area contributed by atoms with Gasteiger partial charge < -0.3 is 4.74 Å². The molecule has 1 aromatic rings. The first kappa shape index (κ1) is 14.1. The van der Waals surface area contributed by atoms with E-state index < -0.39 is 0 Å². The molecule has 5 rings (SSSR count). The number of benzene rings is 1. The zero-order chi connectivity index (χ0) is 15.3. The first-order valence-corrected chi connectivity index (χ1v) is 8.40. The van der Waals surface area contributed by atoms with Gasteiger partial charge in [0.05, 0.1) is 6.54 Å². The molecule has 1 spiro atoms. The van der Waals surface area contributed by atoms with Crippen LogP contribution in [0.15, 0.2) is 24.3 Å². The summed E-state index contributed by atoms with van der Waals surface area (Å²) >= 11 is 0. The smallest absolute Gasteiger partial charge is 0.415 e. The highest BCUT2D eigenvalue weighted by molar-refractivity contribution is 5.90. The normalized spacial score (nSPS) is 33.8. The summed E-state index contributed by atoms with van der Waals surface area (Å²) in [5.74, 6) is 0.990. The molecule has 4 heteroatoms. The number of anilines is 1. The van der Waals surface area contributed by atoms with E-state index in [0.29, 0.717) is 18.4 Å². The maximum absolute atomic E-state index is 12.5. The molecule has 2 bridgehead atoms. The van der Waals surface area contributed by atoms with Crippen LogP contribution in [0.2, 0.25) is 0 Å². The first-order chi connectivity index (χ1) is 10.6. The molecule has 4 fully saturated rings. The van der Waals surface area contributed by atoms with Crippen LogP contribution in [0, 0.1) is 5.92 Å². The van der Waals surface area contributed by atoms with Crippen LogP contribution in [0.5, 0.6) is 0 Å². The zero-order valence-electron chi connectivity index (χ0n) is 13.4. The number of hydrogen-bond acceptors (Lipinski definition) is 3. The lowest BCUT2D eigenvalue weighted by atomic mass is 9.75. The predicted octanol–water partition coefficient (Wildman–Crippen LogP) is 3.23. The van der Waals surface area contributed by atoms with Crippen molar-refractivity contribution in [1.82, 2.24) is 4.90 Å². The monoisotopic (exact) mass is 300 g/mol. The number of hydrogen-bond donors (Lipinski definition) is 0. The van der Waals surface area contributed by atoms with Crippen molar-refractivity contribution in [1.29, 1.82) is 0 Å². The summed E-state index contributed by atoms with van der Waals surface area (Å²) in [6.07, 6.45) is 2.15. The molecule has 0 unspecified atom stereocenters. The Balaban J connectivity index is 1.62. The summed E-state index contributed by atoms with van der Waals surface area (Å²) in [6.45, 7) is 8.28. The van der Waals surface area contributed by atoms with Gasteiger partial charge in [-0.15, -0.1) is 0 Å². The molecule has 118 valence electrons. The Bertz CT molecular complexity index is 593. The van der Waals surface area contributed by atoms with Crippen molar-refractivity contribution in [3.05, 3.63) is 29.8 Å². The van der Waals surface area contributed by atoms with E-state index in [-0.39, 0.29) is 11.7 Å². The van der Waals surface area contributed by atoms with Crippen molar-refractivity contribution >= 4 is 11.8 Å². The Labute approximate surface area is 132 Å². The number of amides is 1. The number of piperidine rings is 3. The van der Waals surface area contributed by atoms with Gasteiger partial charge in [-0.25, -0.2) is 4.79 Å². The molecular formula is C18H24N2O2. The minimum Gasteiger partial charge on any atom is -0.439 e. The van der Waals surface area contributed by atoms with Crippen LogP contribution < -0.4 is 4.90 Å². The Hall–Kier alpha value is -1.55. The van der Waals surface area contributed by atoms with Gasteiger partial charge in [-0.2, -0.15) is 0 Å². The SMILES string of the molecule is CC(C)c1cccc(N2C[C@@]3(CN4CCC3CC4)OC2=O)c1. The van der Waals surface area contributed by atoms with Gasteiger partial charge in [0.1, 0.15) is 5.60 Å². The molecule has 22 heavy (non-hydrogen) atoms. The minimum atomic E-state index is -0.276. The van der Waals surface area contributed by atoms with Gasteiger partial charge in [-0.3, -0.25) is 9.80 Å². The summed E-state index contributed by atoms with van der Waals surface area (Å²) in [7, 11) is 0. The van der Waals surface area contributed by atoms with Gasteiger partial charge in [0.25, 0.3) is 0 Å². The van der Waals surface area contributed by atoms with E-state index >= 15 is 0 Å². The van der Waals surface area contributed by atoms with Gasteiger partial charge >= 0.3 is 6.09 Å². The molecule has 0 N–H and O–H groups in total. The summed E-state index contributed by atoms with van der Waals surface area (Å²) in [4.78, 5) is 16.8. The van der Waals surface area contributed by atoms with E-state index in [4.69, 9.17) is 4.74 Å². The molecule has 0 aliphatic carbocycles. The lowest BCUT2D eigenvalue weighted by Crippen LogP contribution is -2.61. The highest BCUT2D eigenvalue weighted by Gasteiger charge is 2.55. The molecule has 4 aliphatic heterocycles. The second-order valence-electron chi connectivity index (χ2n) is 7.32. The van der Waals surface area contributed by atoms with E-state index in [1.807, 2.05) is 17.0 Å². The predicted molar refractivity (Wildman–Crippen MR) is 86.3 cm³/mol. The number of carbonyl (C=O) groups excluding carboxylic acids is 1. The van der Waals surface area contributed by atoms with Crippen LogP contribution in [-0.2, 0) is 4.74 Å². The maximum atomic E-state index is 12.5. The van der Waals surface area contributed by atoms with Crippen molar-refractivity contribution in [3.8, 4) is 0 Å². The van der Waals surface area contributed by atoms with E-state index in [1.54, 1.807) is 0 Å². The first-order valence-electron chi connectivity index (χ1n) is 8.40. The lowest BCUT2D eigenvalue weighted by Gasteiger charge is -2.49. The van der Waals surface area contributed by atoms with Crippen molar-refractivity contribution in [2.75, 3.05) is 31.1 Å². The average molecular weight is 300 g/mol. The highest BCUT2D eigenvalue weighted by atomic mass is 16.6. The van der Waals surface area contributed by atoms with Crippen LogP contribution in [0.25, 0.3) is 0 Å². The van der Waals surface area contributed by atoms with Crippen LogP contribution in [0.1, 0.15) is 38.2 Å². The maximum Gasteiger partial charge on any atom is 0.415 e. The Morgan fingerprint density at radius 3 is 2.64 bits per heavy atom. The highest BCUT2D eigenvalue weighted by Crippen LogP contribution is 2.43. The second-order valence-corrected chi connectivity index (χ2v) is 7.32. The molecule has 1 aromatic carbocycles. The Morgan fingerprint density at radius 1 is 1.23 bits per heavy atom. The van der Waals surface area contributed by atoms with Crippen LogP contribution in [0.3, 0.4) is 0 Å². The van der Waals surface area contributed by atoms with E-state index in [2.05, 4.69) is 30.9 Å². The van der Waals surface area contributed by atoms with Crippen molar-refractivity contribution in [2.45, 2.75) is 38.2 Å². The largest absolute Gasteiger partial charge is 0.439 e. The topological polar surface area (TPSA) is 32.8 Å². The Kier molecular flexibility index (Phi) is 3.19.